The third kappa shape index (κ3) is 5.81. The molecule has 2 aromatic carbocycles. The Hall–Kier alpha value is -4.70. The Morgan fingerprint density at radius 3 is 2.50 bits per heavy atom. The summed E-state index contributed by atoms with van der Waals surface area (Å²) in [5.74, 6) is -0.295. The lowest BCUT2D eigenvalue weighted by atomic mass is 10.00. The van der Waals surface area contributed by atoms with E-state index in [0.29, 0.717) is 6.54 Å². The summed E-state index contributed by atoms with van der Waals surface area (Å²) in [7, 11) is 0. The van der Waals surface area contributed by atoms with Gasteiger partial charge in [-0.1, -0.05) is 54.6 Å². The summed E-state index contributed by atoms with van der Waals surface area (Å²) in [4.78, 5) is 48.4. The third-order valence-corrected chi connectivity index (χ3v) is 7.14. The molecule has 2 aliphatic rings. The van der Waals surface area contributed by atoms with Crippen LogP contribution in [0.4, 0.5) is 4.79 Å². The van der Waals surface area contributed by atoms with E-state index in [-0.39, 0.29) is 56.2 Å². The molecular formula is C30H32N6O4. The number of phenols is 1. The predicted octanol–water partition coefficient (Wildman–Crippen LogP) is 2.52. The summed E-state index contributed by atoms with van der Waals surface area (Å²) < 4.78 is 0. The normalized spacial score (nSPS) is 18.9. The highest BCUT2D eigenvalue weighted by Gasteiger charge is 2.52. The van der Waals surface area contributed by atoms with Crippen LogP contribution in [-0.2, 0) is 29.1 Å². The first-order valence-corrected chi connectivity index (χ1v) is 13.2. The Morgan fingerprint density at radius 1 is 1.05 bits per heavy atom. The molecule has 5 rings (SSSR count). The van der Waals surface area contributed by atoms with Crippen molar-refractivity contribution < 1.29 is 19.5 Å². The zero-order valence-corrected chi connectivity index (χ0v) is 22.1. The van der Waals surface area contributed by atoms with Gasteiger partial charge in [-0.3, -0.25) is 19.6 Å². The summed E-state index contributed by atoms with van der Waals surface area (Å²) in [5, 5.41) is 15.9. The molecule has 0 aliphatic carbocycles. The van der Waals surface area contributed by atoms with E-state index in [1.807, 2.05) is 48.5 Å². The molecule has 206 valence electrons. The molecule has 4 amide bonds. The maximum absolute atomic E-state index is 13.8. The number of carbonyl (C=O) groups excluding carboxylic acids is 3. The van der Waals surface area contributed by atoms with Gasteiger partial charge in [0.2, 0.25) is 11.8 Å². The number of piperazine rings is 1. The monoisotopic (exact) mass is 540 g/mol. The lowest BCUT2D eigenvalue weighted by molar-refractivity contribution is -0.157. The fourth-order valence-corrected chi connectivity index (χ4v) is 5.22. The van der Waals surface area contributed by atoms with Gasteiger partial charge in [0.25, 0.3) is 0 Å². The number of hydrogen-bond donors (Lipinski definition) is 2. The van der Waals surface area contributed by atoms with E-state index in [1.165, 1.54) is 5.01 Å². The molecule has 0 bridgehead atoms. The first kappa shape index (κ1) is 26.9. The fourth-order valence-electron chi connectivity index (χ4n) is 5.22. The van der Waals surface area contributed by atoms with E-state index < -0.39 is 12.2 Å². The van der Waals surface area contributed by atoms with Gasteiger partial charge in [0.05, 0.1) is 31.9 Å². The van der Waals surface area contributed by atoms with Crippen LogP contribution >= 0.6 is 0 Å². The average molecular weight is 541 g/mol. The molecule has 1 aromatic heterocycles. The second kappa shape index (κ2) is 12.0. The average Bonchev–Trinajstić information content (AvgIpc) is 3.29. The number of phenolic OH excluding ortho intramolecular Hbond substituents is 1. The Labute approximate surface area is 233 Å². The third-order valence-electron chi connectivity index (χ3n) is 7.14. The number of aromatic nitrogens is 1. The van der Waals surface area contributed by atoms with Crippen molar-refractivity contribution in [1.82, 2.24) is 30.1 Å². The number of fused-ring (bicyclic) bond motifs is 1. The molecule has 0 saturated carbocycles. The van der Waals surface area contributed by atoms with Crippen LogP contribution < -0.4 is 5.32 Å². The predicted molar refractivity (Wildman–Crippen MR) is 148 cm³/mol. The Bertz CT molecular complexity index is 1350. The van der Waals surface area contributed by atoms with Crippen molar-refractivity contribution in [2.24, 2.45) is 0 Å². The summed E-state index contributed by atoms with van der Waals surface area (Å²) in [6.45, 7) is 4.78. The molecule has 2 aliphatic heterocycles. The topological polar surface area (TPSA) is 109 Å². The molecule has 0 spiro atoms. The van der Waals surface area contributed by atoms with Gasteiger partial charge in [-0.25, -0.2) is 4.79 Å². The highest BCUT2D eigenvalue weighted by atomic mass is 16.3. The zero-order valence-electron chi connectivity index (χ0n) is 22.1. The Balaban J connectivity index is 1.42. The molecule has 0 unspecified atom stereocenters. The lowest BCUT2D eigenvalue weighted by Gasteiger charge is -2.46. The molecule has 10 nitrogen and oxygen atoms in total. The van der Waals surface area contributed by atoms with Crippen LogP contribution in [-0.4, -0.2) is 79.6 Å². The number of aromatic hydroxyl groups is 1. The number of hydrogen-bond acceptors (Lipinski definition) is 6. The highest BCUT2D eigenvalue weighted by molar-refractivity contribution is 5.91. The highest BCUT2D eigenvalue weighted by Crippen LogP contribution is 2.30. The minimum atomic E-state index is -0.775. The summed E-state index contributed by atoms with van der Waals surface area (Å²) >= 11 is 0. The van der Waals surface area contributed by atoms with Gasteiger partial charge >= 0.3 is 6.03 Å². The summed E-state index contributed by atoms with van der Waals surface area (Å²) in [6.07, 6.45) is 3.01. The number of nitrogens with zero attached hydrogens (tertiary/aromatic N) is 5. The Kier molecular flexibility index (Phi) is 8.07. The van der Waals surface area contributed by atoms with Crippen LogP contribution in [0.3, 0.4) is 0 Å². The molecule has 3 aromatic rings. The van der Waals surface area contributed by atoms with Gasteiger partial charge < -0.3 is 20.2 Å². The van der Waals surface area contributed by atoms with Crippen LogP contribution in [0.25, 0.3) is 0 Å². The molecule has 40 heavy (non-hydrogen) atoms. The summed E-state index contributed by atoms with van der Waals surface area (Å²) in [5.41, 5.74) is 2.49. The molecule has 0 radical (unpaired) electrons. The number of carbonyl (C=O) groups is 3. The summed E-state index contributed by atoms with van der Waals surface area (Å²) in [6, 6.07) is 20.6. The van der Waals surface area contributed by atoms with Crippen molar-refractivity contribution in [2.75, 3.05) is 19.6 Å². The number of urea groups is 1. The molecule has 2 saturated heterocycles. The van der Waals surface area contributed by atoms with Crippen molar-refractivity contribution in [2.45, 2.75) is 31.7 Å². The number of rotatable bonds is 9. The number of amides is 4. The number of pyridine rings is 1. The lowest BCUT2D eigenvalue weighted by Crippen LogP contribution is -2.66. The molecule has 2 N–H and O–H groups in total. The van der Waals surface area contributed by atoms with Gasteiger partial charge in [-0.2, -0.15) is 5.01 Å². The molecule has 10 heteroatoms. The van der Waals surface area contributed by atoms with E-state index in [4.69, 9.17) is 0 Å². The first-order valence-electron chi connectivity index (χ1n) is 13.2. The van der Waals surface area contributed by atoms with Crippen LogP contribution in [0, 0.1) is 0 Å². The van der Waals surface area contributed by atoms with Crippen molar-refractivity contribution in [1.29, 1.82) is 0 Å². The van der Waals surface area contributed by atoms with Gasteiger partial charge in [-0.05, 0) is 35.4 Å². The van der Waals surface area contributed by atoms with Crippen LogP contribution in [0.1, 0.15) is 16.8 Å². The molecular weight excluding hydrogens is 508 g/mol. The largest absolute Gasteiger partial charge is 0.508 e. The maximum atomic E-state index is 13.8. The van der Waals surface area contributed by atoms with Crippen molar-refractivity contribution in [3.63, 3.8) is 0 Å². The molecule has 2 fully saturated rings. The SMILES string of the molecule is C=CCN(C(=O)NCc1ccccc1)N1CC(=O)N2[C@@H](Cc3ccc(O)cc3)C(=O)N(Cc3ccccn3)C[C@@H]21. The minimum Gasteiger partial charge on any atom is -0.508 e. The second-order valence-electron chi connectivity index (χ2n) is 9.82. The van der Waals surface area contributed by atoms with Crippen molar-refractivity contribution in [3.8, 4) is 5.75 Å². The van der Waals surface area contributed by atoms with Gasteiger partial charge in [0.1, 0.15) is 18.0 Å². The quantitative estimate of drug-likeness (QED) is 0.404. The van der Waals surface area contributed by atoms with Crippen LogP contribution in [0.5, 0.6) is 5.75 Å². The fraction of sp³-hybridized carbons (Fsp3) is 0.267. The Morgan fingerprint density at radius 2 is 1.80 bits per heavy atom. The maximum Gasteiger partial charge on any atom is 0.332 e. The van der Waals surface area contributed by atoms with E-state index in [1.54, 1.807) is 51.3 Å². The standard InChI is InChI=1S/C30H32N6O4/c1-2-16-34(30(40)32-18-23-8-4-3-5-9-23)35-21-28(38)36-26(17-22-11-13-25(37)14-12-22)29(39)33(20-27(35)36)19-24-10-6-7-15-31-24/h2-15,26-27,37H,1,16-21H2,(H,32,40)/t26-,27+/m0/s1. The van der Waals surface area contributed by atoms with Crippen molar-refractivity contribution >= 4 is 17.8 Å². The second-order valence-corrected chi connectivity index (χ2v) is 9.82. The van der Waals surface area contributed by atoms with Crippen LogP contribution in [0.2, 0.25) is 0 Å². The molecule has 3 heterocycles. The first-order chi connectivity index (χ1) is 19.4. The van der Waals surface area contributed by atoms with Gasteiger partial charge in [0, 0.05) is 19.2 Å². The molecule has 2 atom stereocenters. The van der Waals surface area contributed by atoms with E-state index in [9.17, 15) is 19.5 Å². The number of nitrogens with one attached hydrogen (secondary N) is 1. The minimum absolute atomic E-state index is 0.0476. The number of hydrazine groups is 1. The van der Waals surface area contributed by atoms with E-state index >= 15 is 0 Å². The van der Waals surface area contributed by atoms with E-state index in [2.05, 4.69) is 16.9 Å². The van der Waals surface area contributed by atoms with E-state index in [0.717, 1.165) is 16.8 Å². The van der Waals surface area contributed by atoms with Gasteiger partial charge in [0.15, 0.2) is 0 Å². The number of benzene rings is 2. The van der Waals surface area contributed by atoms with Gasteiger partial charge in [-0.15, -0.1) is 6.58 Å². The smallest absolute Gasteiger partial charge is 0.332 e. The van der Waals surface area contributed by atoms with Crippen LogP contribution in [0.15, 0.2) is 91.6 Å². The van der Waals surface area contributed by atoms with Crippen molar-refractivity contribution in [3.05, 3.63) is 108 Å². The zero-order chi connectivity index (χ0) is 28.1.